The van der Waals surface area contributed by atoms with Gasteiger partial charge in [-0.1, -0.05) is 38.1 Å². The van der Waals surface area contributed by atoms with Gasteiger partial charge in [-0.2, -0.15) is 13.2 Å². The molecule has 1 aliphatic rings. The number of carbonyl (C=O) groups is 1. The number of hydrogen-bond donors (Lipinski definition) is 1. The van der Waals surface area contributed by atoms with Gasteiger partial charge in [-0.25, -0.2) is 0 Å². The Balaban J connectivity index is 1.82. The maximum atomic E-state index is 12.4. The Hall–Kier alpha value is -1.56. The summed E-state index contributed by atoms with van der Waals surface area (Å²) in [6.07, 6.45) is -2.20. The molecule has 1 aromatic rings. The van der Waals surface area contributed by atoms with Gasteiger partial charge in [-0.05, 0) is 56.3 Å². The predicted octanol–water partition coefficient (Wildman–Crippen LogP) is 4.34. The molecule has 3 nitrogen and oxygen atoms in total. The summed E-state index contributed by atoms with van der Waals surface area (Å²) in [5.74, 6) is 0.332. The molecular weight excluding hydrogens is 341 g/mol. The Labute approximate surface area is 154 Å². The zero-order chi connectivity index (χ0) is 19.3. The Kier molecular flexibility index (Phi) is 7.09. The van der Waals surface area contributed by atoms with Gasteiger partial charge in [0.1, 0.15) is 0 Å². The topological polar surface area (TPSA) is 32.3 Å². The standard InChI is InChI=1S/C20H29F3N2O/c1-14(2)12-16-4-6-17(7-5-16)15(3)24-19(26)18-8-10-25(11-9-18)13-20(21,22)23/h4-7,14-15,18H,8-13H2,1-3H3,(H,24,26). The van der Waals surface area contributed by atoms with E-state index in [9.17, 15) is 18.0 Å². The second-order valence-electron chi connectivity index (χ2n) is 7.74. The van der Waals surface area contributed by atoms with E-state index < -0.39 is 12.7 Å². The second-order valence-corrected chi connectivity index (χ2v) is 7.74. The fraction of sp³-hybridized carbons (Fsp3) is 0.650. The van der Waals surface area contributed by atoms with E-state index in [4.69, 9.17) is 0 Å². The lowest BCUT2D eigenvalue weighted by atomic mass is 9.95. The minimum atomic E-state index is -4.18. The molecule has 146 valence electrons. The molecule has 1 atom stereocenters. The van der Waals surface area contributed by atoms with Gasteiger partial charge in [-0.15, -0.1) is 0 Å². The number of hydrogen-bond acceptors (Lipinski definition) is 2. The number of nitrogens with one attached hydrogen (secondary N) is 1. The first-order valence-corrected chi connectivity index (χ1v) is 9.32. The highest BCUT2D eigenvalue weighted by Gasteiger charge is 2.34. The SMILES string of the molecule is CC(C)Cc1ccc(C(C)NC(=O)C2CCN(CC(F)(F)F)CC2)cc1. The maximum Gasteiger partial charge on any atom is 0.401 e. The molecule has 2 rings (SSSR count). The summed E-state index contributed by atoms with van der Waals surface area (Å²) in [5.41, 5.74) is 2.32. The smallest absolute Gasteiger partial charge is 0.349 e. The molecule has 26 heavy (non-hydrogen) atoms. The first-order valence-electron chi connectivity index (χ1n) is 9.32. The Bertz CT molecular complexity index is 576. The zero-order valence-electron chi connectivity index (χ0n) is 15.8. The monoisotopic (exact) mass is 370 g/mol. The van der Waals surface area contributed by atoms with Gasteiger partial charge < -0.3 is 5.32 Å². The highest BCUT2D eigenvalue weighted by molar-refractivity contribution is 5.79. The Morgan fingerprint density at radius 2 is 1.73 bits per heavy atom. The molecule has 0 saturated carbocycles. The van der Waals surface area contributed by atoms with Gasteiger partial charge in [0.2, 0.25) is 5.91 Å². The van der Waals surface area contributed by atoms with E-state index in [0.29, 0.717) is 31.8 Å². The quantitative estimate of drug-likeness (QED) is 0.808. The molecule has 0 radical (unpaired) electrons. The zero-order valence-corrected chi connectivity index (χ0v) is 15.8. The maximum absolute atomic E-state index is 12.4. The molecule has 0 aliphatic carbocycles. The number of amides is 1. The average molecular weight is 370 g/mol. The minimum Gasteiger partial charge on any atom is -0.349 e. The first kappa shape index (κ1) is 20.7. The summed E-state index contributed by atoms with van der Waals surface area (Å²) in [6, 6.07) is 8.15. The average Bonchev–Trinajstić information content (AvgIpc) is 2.54. The summed E-state index contributed by atoms with van der Waals surface area (Å²) >= 11 is 0. The van der Waals surface area contributed by atoms with E-state index in [2.05, 4.69) is 31.3 Å². The number of alkyl halides is 3. The van der Waals surface area contributed by atoms with Crippen LogP contribution in [0.1, 0.15) is 50.8 Å². The molecule has 0 bridgehead atoms. The van der Waals surface area contributed by atoms with E-state index in [1.165, 1.54) is 10.5 Å². The van der Waals surface area contributed by atoms with Crippen molar-refractivity contribution >= 4 is 5.91 Å². The molecule has 1 aromatic carbocycles. The van der Waals surface area contributed by atoms with Gasteiger partial charge in [0, 0.05) is 5.92 Å². The summed E-state index contributed by atoms with van der Waals surface area (Å²) in [4.78, 5) is 13.8. The van der Waals surface area contributed by atoms with Crippen LogP contribution in [-0.4, -0.2) is 36.6 Å². The number of likely N-dealkylation sites (tertiary alicyclic amines) is 1. The van der Waals surface area contributed by atoms with Crippen molar-refractivity contribution in [1.82, 2.24) is 10.2 Å². The molecule has 1 heterocycles. The molecule has 0 spiro atoms. The lowest BCUT2D eigenvalue weighted by Gasteiger charge is -2.32. The van der Waals surface area contributed by atoms with Crippen LogP contribution in [0.2, 0.25) is 0 Å². The fourth-order valence-electron chi connectivity index (χ4n) is 3.44. The fourth-order valence-corrected chi connectivity index (χ4v) is 3.44. The van der Waals surface area contributed by atoms with E-state index in [0.717, 1.165) is 12.0 Å². The third-order valence-corrected chi connectivity index (χ3v) is 4.84. The number of piperidine rings is 1. The van der Waals surface area contributed by atoms with Crippen molar-refractivity contribution in [2.24, 2.45) is 11.8 Å². The van der Waals surface area contributed by atoms with Crippen LogP contribution in [0.15, 0.2) is 24.3 Å². The van der Waals surface area contributed by atoms with Crippen LogP contribution in [-0.2, 0) is 11.2 Å². The largest absolute Gasteiger partial charge is 0.401 e. The van der Waals surface area contributed by atoms with Crippen molar-refractivity contribution in [3.63, 3.8) is 0 Å². The minimum absolute atomic E-state index is 0.0598. The molecular formula is C20H29F3N2O. The van der Waals surface area contributed by atoms with Crippen LogP contribution in [0, 0.1) is 11.8 Å². The molecule has 1 amide bonds. The van der Waals surface area contributed by atoms with Crippen molar-refractivity contribution in [3.8, 4) is 0 Å². The van der Waals surface area contributed by atoms with Crippen LogP contribution in [0.5, 0.6) is 0 Å². The van der Waals surface area contributed by atoms with Crippen LogP contribution in [0.4, 0.5) is 13.2 Å². The lowest BCUT2D eigenvalue weighted by Crippen LogP contribution is -2.44. The lowest BCUT2D eigenvalue weighted by molar-refractivity contribution is -0.149. The van der Waals surface area contributed by atoms with E-state index in [-0.39, 0.29) is 17.9 Å². The molecule has 1 unspecified atom stereocenters. The summed E-state index contributed by atoms with van der Waals surface area (Å²) in [6.45, 7) is 6.04. The third kappa shape index (κ3) is 6.63. The van der Waals surface area contributed by atoms with Crippen molar-refractivity contribution in [2.75, 3.05) is 19.6 Å². The molecule has 1 aliphatic heterocycles. The van der Waals surface area contributed by atoms with Crippen molar-refractivity contribution in [3.05, 3.63) is 35.4 Å². The van der Waals surface area contributed by atoms with Gasteiger partial charge in [-0.3, -0.25) is 9.69 Å². The van der Waals surface area contributed by atoms with Crippen LogP contribution < -0.4 is 5.32 Å². The number of nitrogens with zero attached hydrogens (tertiary/aromatic N) is 1. The van der Waals surface area contributed by atoms with E-state index >= 15 is 0 Å². The van der Waals surface area contributed by atoms with E-state index in [1.807, 2.05) is 19.1 Å². The van der Waals surface area contributed by atoms with E-state index in [1.54, 1.807) is 0 Å². The number of halogens is 3. The third-order valence-electron chi connectivity index (χ3n) is 4.84. The van der Waals surface area contributed by atoms with Gasteiger partial charge >= 0.3 is 6.18 Å². The second kappa shape index (κ2) is 8.89. The summed E-state index contributed by atoms with van der Waals surface area (Å²) in [7, 11) is 0. The Morgan fingerprint density at radius 3 is 2.23 bits per heavy atom. The number of rotatable bonds is 6. The van der Waals surface area contributed by atoms with Crippen molar-refractivity contribution in [2.45, 2.75) is 52.3 Å². The normalized spacial score (nSPS) is 18.1. The molecule has 0 aromatic heterocycles. The first-order chi connectivity index (χ1) is 12.1. The Morgan fingerprint density at radius 1 is 1.15 bits per heavy atom. The van der Waals surface area contributed by atoms with Crippen LogP contribution in [0.3, 0.4) is 0 Å². The van der Waals surface area contributed by atoms with Crippen LogP contribution in [0.25, 0.3) is 0 Å². The predicted molar refractivity (Wildman–Crippen MR) is 96.8 cm³/mol. The van der Waals surface area contributed by atoms with Gasteiger partial charge in [0.05, 0.1) is 12.6 Å². The molecule has 1 fully saturated rings. The number of carbonyl (C=O) groups excluding carboxylic acids is 1. The number of benzene rings is 1. The molecule has 6 heteroatoms. The van der Waals surface area contributed by atoms with Crippen LogP contribution >= 0.6 is 0 Å². The molecule has 1 N–H and O–H groups in total. The summed E-state index contributed by atoms with van der Waals surface area (Å²) in [5, 5.41) is 3.01. The van der Waals surface area contributed by atoms with Crippen molar-refractivity contribution in [1.29, 1.82) is 0 Å². The van der Waals surface area contributed by atoms with Crippen molar-refractivity contribution < 1.29 is 18.0 Å². The highest BCUT2D eigenvalue weighted by atomic mass is 19.4. The molecule has 1 saturated heterocycles. The van der Waals surface area contributed by atoms with Gasteiger partial charge in [0.15, 0.2) is 0 Å². The summed E-state index contributed by atoms with van der Waals surface area (Å²) < 4.78 is 37.3. The highest BCUT2D eigenvalue weighted by Crippen LogP contribution is 2.23. The van der Waals surface area contributed by atoms with Gasteiger partial charge in [0.25, 0.3) is 0 Å².